The SMILES string of the molecule is CCCN(CCC)C(=O)CCCOP(N)(=S)OCCCC(=O)N(CCC)CCC. The van der Waals surface area contributed by atoms with Crippen LogP contribution in [0.15, 0.2) is 0 Å². The predicted molar refractivity (Wildman–Crippen MR) is 123 cm³/mol. The van der Waals surface area contributed by atoms with Gasteiger partial charge in [0, 0.05) is 39.0 Å². The van der Waals surface area contributed by atoms with Gasteiger partial charge in [0.2, 0.25) is 11.8 Å². The molecule has 0 aromatic rings. The minimum atomic E-state index is -2.83. The fraction of sp³-hybridized carbons (Fsp3) is 0.900. The van der Waals surface area contributed by atoms with E-state index in [4.69, 9.17) is 26.4 Å². The van der Waals surface area contributed by atoms with Gasteiger partial charge in [-0.15, -0.1) is 0 Å². The molecular weight excluding hydrogens is 409 g/mol. The molecule has 2 N–H and O–H groups in total. The smallest absolute Gasteiger partial charge is 0.258 e. The van der Waals surface area contributed by atoms with Crippen molar-refractivity contribution in [2.45, 2.75) is 79.1 Å². The molecule has 0 radical (unpaired) electrons. The van der Waals surface area contributed by atoms with Crippen molar-refractivity contribution in [3.63, 3.8) is 0 Å². The molecule has 0 rings (SSSR count). The number of carbonyl (C=O) groups excluding carboxylic acids is 2. The van der Waals surface area contributed by atoms with Crippen LogP contribution in [-0.4, -0.2) is 61.0 Å². The maximum Gasteiger partial charge on any atom is 0.258 e. The second-order valence-corrected chi connectivity index (χ2v) is 10.3. The van der Waals surface area contributed by atoms with Crippen molar-refractivity contribution in [1.29, 1.82) is 0 Å². The Morgan fingerprint density at radius 2 is 1.07 bits per heavy atom. The molecule has 0 aliphatic carbocycles. The average Bonchev–Trinajstić information content (AvgIpc) is 2.68. The van der Waals surface area contributed by atoms with Crippen LogP contribution in [0, 0.1) is 0 Å². The van der Waals surface area contributed by atoms with Gasteiger partial charge in [-0.3, -0.25) is 15.1 Å². The van der Waals surface area contributed by atoms with Crippen LogP contribution in [0.1, 0.15) is 79.1 Å². The van der Waals surface area contributed by atoms with E-state index in [0.29, 0.717) is 38.9 Å². The standard InChI is InChI=1S/C20H42N3O4PS/c1-5-13-22(14-6-2)19(24)11-9-17-26-28(21,29)27-18-10-12-20(25)23(15-7-3)16-8-4/h5-18H2,1-4H3,(H2,21,29). The molecule has 29 heavy (non-hydrogen) atoms. The lowest BCUT2D eigenvalue weighted by molar-refractivity contribution is -0.132. The van der Waals surface area contributed by atoms with Gasteiger partial charge in [-0.2, -0.15) is 0 Å². The van der Waals surface area contributed by atoms with Crippen molar-refractivity contribution in [3.05, 3.63) is 0 Å². The molecule has 0 aromatic heterocycles. The number of amides is 2. The Kier molecular flexibility index (Phi) is 16.9. The van der Waals surface area contributed by atoms with Gasteiger partial charge in [0.15, 0.2) is 0 Å². The number of nitrogens with zero attached hydrogens (tertiary/aromatic N) is 2. The molecule has 9 heteroatoms. The van der Waals surface area contributed by atoms with Gasteiger partial charge in [-0.05, 0) is 50.3 Å². The number of hydrogen-bond donors (Lipinski definition) is 1. The largest absolute Gasteiger partial charge is 0.343 e. The molecule has 0 aliphatic heterocycles. The monoisotopic (exact) mass is 451 g/mol. The summed E-state index contributed by atoms with van der Waals surface area (Å²) >= 11 is 5.22. The molecule has 0 heterocycles. The van der Waals surface area contributed by atoms with Gasteiger partial charge in [-0.25, -0.2) is 0 Å². The molecule has 0 aliphatic rings. The van der Waals surface area contributed by atoms with Gasteiger partial charge in [0.1, 0.15) is 0 Å². The van der Waals surface area contributed by atoms with E-state index in [1.165, 1.54) is 0 Å². The molecule has 172 valence electrons. The summed E-state index contributed by atoms with van der Waals surface area (Å²) in [4.78, 5) is 28.2. The Morgan fingerprint density at radius 1 is 0.759 bits per heavy atom. The van der Waals surface area contributed by atoms with E-state index in [1.807, 2.05) is 9.80 Å². The fourth-order valence-corrected chi connectivity index (χ4v) is 4.27. The summed E-state index contributed by atoms with van der Waals surface area (Å²) in [5, 5.41) is 0. The topological polar surface area (TPSA) is 85.1 Å². The van der Waals surface area contributed by atoms with E-state index in [1.54, 1.807) is 0 Å². The van der Waals surface area contributed by atoms with Gasteiger partial charge in [0.05, 0.1) is 13.2 Å². The Labute approximate surface area is 182 Å². The molecule has 7 nitrogen and oxygen atoms in total. The summed E-state index contributed by atoms with van der Waals surface area (Å²) in [5.74, 6) is 0.288. The maximum absolute atomic E-state index is 12.2. The molecule has 2 amide bonds. The molecule has 0 atom stereocenters. The maximum atomic E-state index is 12.2. The first-order valence-corrected chi connectivity index (χ1v) is 13.7. The zero-order valence-corrected chi connectivity index (χ0v) is 20.6. The van der Waals surface area contributed by atoms with Crippen LogP contribution in [0.2, 0.25) is 0 Å². The Hall–Kier alpha value is -0.530. The number of hydrogen-bond acceptors (Lipinski definition) is 5. The molecule has 0 saturated heterocycles. The zero-order valence-electron chi connectivity index (χ0n) is 18.9. The third-order valence-corrected chi connectivity index (χ3v) is 6.01. The molecule has 0 fully saturated rings. The average molecular weight is 452 g/mol. The van der Waals surface area contributed by atoms with Gasteiger partial charge < -0.3 is 18.8 Å². The van der Waals surface area contributed by atoms with Crippen molar-refractivity contribution in [2.24, 2.45) is 5.50 Å². The van der Waals surface area contributed by atoms with Crippen molar-refractivity contribution >= 4 is 30.3 Å². The number of nitrogens with two attached hydrogens (primary N) is 1. The minimum absolute atomic E-state index is 0.144. The summed E-state index contributed by atoms with van der Waals surface area (Å²) in [7, 11) is 0. The number of carbonyl (C=O) groups is 2. The van der Waals surface area contributed by atoms with E-state index >= 15 is 0 Å². The fourth-order valence-electron chi connectivity index (χ4n) is 2.99. The Bertz CT molecular complexity index is 456. The Balaban J connectivity index is 4.08. The molecule has 0 unspecified atom stereocenters. The third-order valence-electron chi connectivity index (χ3n) is 4.29. The van der Waals surface area contributed by atoms with Crippen LogP contribution in [0.5, 0.6) is 0 Å². The lowest BCUT2D eigenvalue weighted by Crippen LogP contribution is -2.32. The summed E-state index contributed by atoms with van der Waals surface area (Å²) in [5.41, 5.74) is 5.95. The van der Waals surface area contributed by atoms with Crippen molar-refractivity contribution in [3.8, 4) is 0 Å². The van der Waals surface area contributed by atoms with Crippen LogP contribution >= 0.6 is 6.64 Å². The second kappa shape index (κ2) is 17.2. The zero-order chi connectivity index (χ0) is 22.1. The van der Waals surface area contributed by atoms with Crippen LogP contribution in [-0.2, 0) is 30.4 Å². The first-order chi connectivity index (χ1) is 13.8. The highest BCUT2D eigenvalue weighted by atomic mass is 32.5. The predicted octanol–water partition coefficient (Wildman–Crippen LogP) is 4.06. The van der Waals surface area contributed by atoms with Crippen molar-refractivity contribution in [1.82, 2.24) is 9.80 Å². The van der Waals surface area contributed by atoms with Crippen LogP contribution in [0.3, 0.4) is 0 Å². The summed E-state index contributed by atoms with van der Waals surface area (Å²) in [6.45, 7) is 9.23. The lowest BCUT2D eigenvalue weighted by atomic mass is 10.2. The Morgan fingerprint density at radius 3 is 1.34 bits per heavy atom. The van der Waals surface area contributed by atoms with Gasteiger partial charge in [0.25, 0.3) is 6.64 Å². The van der Waals surface area contributed by atoms with Gasteiger partial charge in [-0.1, -0.05) is 27.7 Å². The summed E-state index contributed by atoms with van der Waals surface area (Å²) in [6.07, 6.45) is 5.82. The molecule has 0 bridgehead atoms. The van der Waals surface area contributed by atoms with Crippen molar-refractivity contribution < 1.29 is 18.6 Å². The molecular formula is C20H42N3O4PS. The molecule has 0 spiro atoms. The molecule has 0 saturated carbocycles. The van der Waals surface area contributed by atoms with E-state index in [2.05, 4.69) is 27.7 Å². The number of rotatable bonds is 18. The van der Waals surface area contributed by atoms with Crippen molar-refractivity contribution in [2.75, 3.05) is 39.4 Å². The quantitative estimate of drug-likeness (QED) is 0.250. The van der Waals surface area contributed by atoms with Crippen LogP contribution < -0.4 is 5.50 Å². The van der Waals surface area contributed by atoms with Crippen LogP contribution in [0.25, 0.3) is 0 Å². The van der Waals surface area contributed by atoms with E-state index in [-0.39, 0.29) is 11.8 Å². The second-order valence-electron chi connectivity index (χ2n) is 7.17. The van der Waals surface area contributed by atoms with Crippen LogP contribution in [0.4, 0.5) is 0 Å². The first-order valence-electron chi connectivity index (χ1n) is 11.0. The third kappa shape index (κ3) is 14.2. The lowest BCUT2D eigenvalue weighted by Gasteiger charge is -2.22. The van der Waals surface area contributed by atoms with E-state index in [0.717, 1.165) is 51.9 Å². The van der Waals surface area contributed by atoms with E-state index in [9.17, 15) is 9.59 Å². The van der Waals surface area contributed by atoms with E-state index < -0.39 is 6.64 Å². The minimum Gasteiger partial charge on any atom is -0.343 e. The first kappa shape index (κ1) is 28.5. The van der Waals surface area contributed by atoms with Gasteiger partial charge >= 0.3 is 0 Å². The molecule has 0 aromatic carbocycles. The highest BCUT2D eigenvalue weighted by molar-refractivity contribution is 8.08. The highest BCUT2D eigenvalue weighted by Gasteiger charge is 2.16. The summed E-state index contributed by atoms with van der Waals surface area (Å²) < 4.78 is 11.1. The highest BCUT2D eigenvalue weighted by Crippen LogP contribution is 2.39. The normalized spacial score (nSPS) is 11.5. The summed E-state index contributed by atoms with van der Waals surface area (Å²) in [6, 6.07) is 0.